The van der Waals surface area contributed by atoms with E-state index in [-0.39, 0.29) is 12.2 Å². The molecular weight excluding hydrogens is 250 g/mol. The van der Waals surface area contributed by atoms with Crippen molar-refractivity contribution in [3.05, 3.63) is 34.9 Å². The summed E-state index contributed by atoms with van der Waals surface area (Å²) in [7, 11) is 0. The maximum atomic E-state index is 9.79. The second-order valence-electron chi connectivity index (χ2n) is 4.99. The lowest BCUT2D eigenvalue weighted by Gasteiger charge is -2.16. The molecule has 1 aromatic carbocycles. The van der Waals surface area contributed by atoms with Gasteiger partial charge in [0.2, 0.25) is 0 Å². The Morgan fingerprint density at radius 3 is 2.67 bits per heavy atom. The van der Waals surface area contributed by atoms with Crippen molar-refractivity contribution in [1.29, 1.82) is 0 Å². The Balaban J connectivity index is 1.69. The maximum Gasteiger partial charge on any atom is 0.126 e. The van der Waals surface area contributed by atoms with Crippen molar-refractivity contribution in [3.63, 3.8) is 0 Å². The van der Waals surface area contributed by atoms with E-state index in [0.29, 0.717) is 6.61 Å². The summed E-state index contributed by atoms with van der Waals surface area (Å²) in [5.74, 6) is 0. The molecule has 0 heterocycles. The highest BCUT2D eigenvalue weighted by atomic mass is 35.5. The van der Waals surface area contributed by atoms with Gasteiger partial charge in [-0.05, 0) is 24.6 Å². The van der Waals surface area contributed by atoms with Crippen LogP contribution < -0.4 is 5.32 Å². The first-order valence-corrected chi connectivity index (χ1v) is 6.91. The Labute approximate surface area is 113 Å². The molecule has 1 aliphatic rings. The van der Waals surface area contributed by atoms with Crippen LogP contribution in [0.1, 0.15) is 31.4 Å². The molecule has 0 aliphatic heterocycles. The minimum Gasteiger partial charge on any atom is -0.385 e. The van der Waals surface area contributed by atoms with Gasteiger partial charge in [-0.15, -0.1) is 0 Å². The van der Waals surface area contributed by atoms with E-state index in [0.717, 1.165) is 23.2 Å². The van der Waals surface area contributed by atoms with Crippen molar-refractivity contribution < 1.29 is 15.2 Å². The maximum absolute atomic E-state index is 9.79. The van der Waals surface area contributed by atoms with Crippen LogP contribution >= 0.6 is 11.6 Å². The van der Waals surface area contributed by atoms with Crippen LogP contribution in [0.4, 0.5) is 0 Å². The van der Waals surface area contributed by atoms with Crippen LogP contribution in [-0.2, 0) is 4.74 Å². The number of hydrogen-bond acceptors (Lipinski definition) is 2. The van der Waals surface area contributed by atoms with Crippen LogP contribution in [0.15, 0.2) is 24.3 Å². The van der Waals surface area contributed by atoms with E-state index < -0.39 is 0 Å². The predicted octanol–water partition coefficient (Wildman–Crippen LogP) is 1.50. The first-order chi connectivity index (χ1) is 8.65. The number of hydrogen-bond donors (Lipinski definition) is 2. The summed E-state index contributed by atoms with van der Waals surface area (Å²) in [6, 6.07) is 8.36. The van der Waals surface area contributed by atoms with Crippen molar-refractivity contribution in [3.8, 4) is 0 Å². The number of benzene rings is 1. The van der Waals surface area contributed by atoms with Crippen LogP contribution in [0.2, 0.25) is 5.02 Å². The molecule has 1 aliphatic carbocycles. The van der Waals surface area contributed by atoms with Gasteiger partial charge in [0, 0.05) is 17.9 Å². The molecule has 4 heteroatoms. The predicted molar refractivity (Wildman–Crippen MR) is 71.6 cm³/mol. The molecule has 0 spiro atoms. The van der Waals surface area contributed by atoms with Crippen molar-refractivity contribution in [2.75, 3.05) is 13.2 Å². The summed E-state index contributed by atoms with van der Waals surface area (Å²) in [6.07, 6.45) is 2.17. The normalized spacial score (nSPS) is 18.6. The Kier molecular flexibility index (Phi) is 5.01. The molecule has 0 saturated heterocycles. The largest absolute Gasteiger partial charge is 0.385 e. The minimum absolute atomic E-state index is 0.0159. The summed E-state index contributed by atoms with van der Waals surface area (Å²) in [5.41, 5.74) is 1.08. The van der Waals surface area contributed by atoms with Crippen LogP contribution in [0.3, 0.4) is 0 Å². The highest BCUT2D eigenvalue weighted by Gasteiger charge is 2.26. The number of nitrogens with two attached hydrogens (primary N) is 1. The van der Waals surface area contributed by atoms with Gasteiger partial charge < -0.3 is 15.2 Å². The summed E-state index contributed by atoms with van der Waals surface area (Å²) in [5, 5.41) is 12.7. The van der Waals surface area contributed by atoms with E-state index in [1.165, 1.54) is 12.8 Å². The molecule has 2 rings (SSSR count). The van der Waals surface area contributed by atoms with Crippen molar-refractivity contribution in [1.82, 2.24) is 0 Å². The van der Waals surface area contributed by atoms with Crippen LogP contribution in [0, 0.1) is 0 Å². The first kappa shape index (κ1) is 13.8. The van der Waals surface area contributed by atoms with Gasteiger partial charge in [-0.3, -0.25) is 0 Å². The molecule has 1 fully saturated rings. The van der Waals surface area contributed by atoms with Crippen LogP contribution in [-0.4, -0.2) is 30.4 Å². The van der Waals surface area contributed by atoms with Gasteiger partial charge in [0.25, 0.3) is 0 Å². The molecule has 0 aromatic heterocycles. The molecule has 18 heavy (non-hydrogen) atoms. The molecule has 0 unspecified atom stereocenters. The fourth-order valence-corrected chi connectivity index (χ4v) is 1.96. The van der Waals surface area contributed by atoms with Gasteiger partial charge in [-0.2, -0.15) is 0 Å². The Morgan fingerprint density at radius 1 is 1.39 bits per heavy atom. The Bertz CT molecular complexity index is 365. The summed E-state index contributed by atoms with van der Waals surface area (Å²) < 4.78 is 5.67. The lowest BCUT2D eigenvalue weighted by molar-refractivity contribution is -0.674. The zero-order valence-corrected chi connectivity index (χ0v) is 11.4. The number of aliphatic hydroxyl groups excluding tert-OH is 1. The van der Waals surface area contributed by atoms with Crippen molar-refractivity contribution in [2.45, 2.75) is 38.0 Å². The van der Waals surface area contributed by atoms with Gasteiger partial charge in [0.05, 0.1) is 18.8 Å². The fourth-order valence-electron chi connectivity index (χ4n) is 1.83. The van der Waals surface area contributed by atoms with Crippen molar-refractivity contribution in [2.24, 2.45) is 0 Å². The van der Waals surface area contributed by atoms with Crippen molar-refractivity contribution >= 4 is 11.6 Å². The highest BCUT2D eigenvalue weighted by molar-refractivity contribution is 6.30. The molecule has 100 valence electrons. The van der Waals surface area contributed by atoms with E-state index in [2.05, 4.69) is 5.32 Å². The molecule has 1 saturated carbocycles. The summed E-state index contributed by atoms with van der Waals surface area (Å²) in [6.45, 7) is 3.10. The third-order valence-electron chi connectivity index (χ3n) is 3.24. The molecule has 1 aromatic rings. The number of rotatable bonds is 7. The molecule has 0 amide bonds. The monoisotopic (exact) mass is 270 g/mol. The summed E-state index contributed by atoms with van der Waals surface area (Å²) >= 11 is 5.84. The third kappa shape index (κ3) is 4.58. The zero-order valence-electron chi connectivity index (χ0n) is 10.7. The molecule has 3 nitrogen and oxygen atoms in total. The third-order valence-corrected chi connectivity index (χ3v) is 3.49. The van der Waals surface area contributed by atoms with Gasteiger partial charge in [-0.25, -0.2) is 0 Å². The average molecular weight is 271 g/mol. The van der Waals surface area contributed by atoms with E-state index >= 15 is 0 Å². The van der Waals surface area contributed by atoms with Crippen LogP contribution in [0.25, 0.3) is 0 Å². The van der Waals surface area contributed by atoms with Gasteiger partial charge in [0.1, 0.15) is 12.6 Å². The zero-order chi connectivity index (χ0) is 13.0. The minimum atomic E-state index is -0.389. The topological polar surface area (TPSA) is 46.1 Å². The lowest BCUT2D eigenvalue weighted by atomic mass is 10.1. The second-order valence-corrected chi connectivity index (χ2v) is 5.43. The highest BCUT2D eigenvalue weighted by Crippen LogP contribution is 2.19. The number of quaternary nitrogens is 1. The van der Waals surface area contributed by atoms with E-state index in [1.54, 1.807) is 0 Å². The SMILES string of the molecule is C[C@H](OC[C@@H](O)C[NH2+]C1CC1)c1ccc(Cl)cc1. The number of aliphatic hydroxyl groups is 1. The Morgan fingerprint density at radius 2 is 2.06 bits per heavy atom. The first-order valence-electron chi connectivity index (χ1n) is 6.53. The second kappa shape index (κ2) is 6.53. The van der Waals surface area contributed by atoms with E-state index in [4.69, 9.17) is 16.3 Å². The smallest absolute Gasteiger partial charge is 0.126 e. The van der Waals surface area contributed by atoms with Gasteiger partial charge in [0.15, 0.2) is 0 Å². The molecule has 0 radical (unpaired) electrons. The van der Waals surface area contributed by atoms with E-state index in [1.807, 2.05) is 31.2 Å². The van der Waals surface area contributed by atoms with Crippen LogP contribution in [0.5, 0.6) is 0 Å². The molecule has 0 bridgehead atoms. The van der Waals surface area contributed by atoms with Gasteiger partial charge >= 0.3 is 0 Å². The molecule has 2 atom stereocenters. The van der Waals surface area contributed by atoms with Gasteiger partial charge in [-0.1, -0.05) is 23.7 Å². The standard InChI is InChI=1S/C14H20ClNO2/c1-10(11-2-4-12(15)5-3-11)18-9-14(17)8-16-13-6-7-13/h2-5,10,13-14,16-17H,6-9H2,1H3/p+1/t10-,14-/m0/s1. The lowest BCUT2D eigenvalue weighted by Crippen LogP contribution is -2.88. The number of ether oxygens (including phenoxy) is 1. The fraction of sp³-hybridized carbons (Fsp3) is 0.571. The molecule has 3 N–H and O–H groups in total. The average Bonchev–Trinajstić information content (AvgIpc) is 3.18. The quantitative estimate of drug-likeness (QED) is 0.789. The summed E-state index contributed by atoms with van der Waals surface area (Å²) in [4.78, 5) is 0. The Hall–Kier alpha value is -0.610. The molecular formula is C14H21ClNO2+. The van der Waals surface area contributed by atoms with E-state index in [9.17, 15) is 5.11 Å². The number of halogens is 1.